The SMILES string of the molecule is CN(C)CCOCCNC(=O)CNc1ccccc1.Cl. The van der Waals surface area contributed by atoms with Crippen LogP contribution in [0.2, 0.25) is 0 Å². The second-order valence-corrected chi connectivity index (χ2v) is 4.49. The molecule has 0 fully saturated rings. The molecule has 0 saturated carbocycles. The highest BCUT2D eigenvalue weighted by molar-refractivity contribution is 5.85. The molecule has 5 nitrogen and oxygen atoms in total. The van der Waals surface area contributed by atoms with E-state index in [9.17, 15) is 4.79 Å². The normalized spacial score (nSPS) is 9.95. The van der Waals surface area contributed by atoms with Crippen molar-refractivity contribution >= 4 is 24.0 Å². The Bertz CT molecular complexity index is 361. The molecular formula is C14H24ClN3O2. The molecule has 0 radical (unpaired) electrons. The highest BCUT2D eigenvalue weighted by atomic mass is 35.5. The summed E-state index contributed by atoms with van der Waals surface area (Å²) in [5.41, 5.74) is 0.944. The van der Waals surface area contributed by atoms with Gasteiger partial charge in [-0.3, -0.25) is 4.79 Å². The van der Waals surface area contributed by atoms with Crippen LogP contribution in [-0.4, -0.2) is 57.8 Å². The molecule has 20 heavy (non-hydrogen) atoms. The van der Waals surface area contributed by atoms with Crippen LogP contribution in [0.15, 0.2) is 30.3 Å². The largest absolute Gasteiger partial charge is 0.378 e. The van der Waals surface area contributed by atoms with Crippen LogP contribution in [-0.2, 0) is 9.53 Å². The number of halogens is 1. The molecule has 1 aromatic rings. The van der Waals surface area contributed by atoms with Crippen molar-refractivity contribution in [3.8, 4) is 0 Å². The Morgan fingerprint density at radius 3 is 2.55 bits per heavy atom. The zero-order valence-electron chi connectivity index (χ0n) is 12.1. The third kappa shape index (κ3) is 9.61. The van der Waals surface area contributed by atoms with Gasteiger partial charge in [0.15, 0.2) is 0 Å². The molecule has 0 unspecified atom stereocenters. The molecule has 0 heterocycles. The van der Waals surface area contributed by atoms with Gasteiger partial charge in [0.1, 0.15) is 0 Å². The highest BCUT2D eigenvalue weighted by Gasteiger charge is 2.00. The molecule has 1 amide bonds. The molecule has 6 heteroatoms. The number of carbonyl (C=O) groups is 1. The summed E-state index contributed by atoms with van der Waals surface area (Å²) in [5.74, 6) is -0.0277. The van der Waals surface area contributed by atoms with Gasteiger partial charge in [-0.2, -0.15) is 0 Å². The maximum atomic E-state index is 11.5. The van der Waals surface area contributed by atoms with Crippen molar-refractivity contribution in [2.75, 3.05) is 52.3 Å². The van der Waals surface area contributed by atoms with Crippen LogP contribution in [0.3, 0.4) is 0 Å². The van der Waals surface area contributed by atoms with Gasteiger partial charge in [-0.05, 0) is 26.2 Å². The van der Waals surface area contributed by atoms with Crippen molar-refractivity contribution < 1.29 is 9.53 Å². The number of para-hydroxylation sites is 1. The lowest BCUT2D eigenvalue weighted by atomic mass is 10.3. The maximum absolute atomic E-state index is 11.5. The summed E-state index contributed by atoms with van der Waals surface area (Å²) in [6.07, 6.45) is 0. The van der Waals surface area contributed by atoms with E-state index in [1.807, 2.05) is 44.4 Å². The van der Waals surface area contributed by atoms with Crippen molar-refractivity contribution in [2.45, 2.75) is 0 Å². The number of carbonyl (C=O) groups excluding carboxylic acids is 1. The summed E-state index contributed by atoms with van der Waals surface area (Å²) in [6, 6.07) is 9.66. The van der Waals surface area contributed by atoms with E-state index in [4.69, 9.17) is 4.74 Å². The van der Waals surface area contributed by atoms with E-state index < -0.39 is 0 Å². The van der Waals surface area contributed by atoms with Gasteiger partial charge < -0.3 is 20.3 Å². The average Bonchev–Trinajstić information content (AvgIpc) is 2.41. The summed E-state index contributed by atoms with van der Waals surface area (Å²) in [6.45, 7) is 2.95. The molecule has 0 atom stereocenters. The third-order valence-electron chi connectivity index (χ3n) is 2.48. The highest BCUT2D eigenvalue weighted by Crippen LogP contribution is 2.03. The topological polar surface area (TPSA) is 53.6 Å². The Hall–Kier alpha value is -1.30. The van der Waals surface area contributed by atoms with Crippen molar-refractivity contribution in [3.05, 3.63) is 30.3 Å². The molecule has 1 rings (SSSR count). The Balaban J connectivity index is 0.00000361. The van der Waals surface area contributed by atoms with Gasteiger partial charge in [0, 0.05) is 18.8 Å². The second-order valence-electron chi connectivity index (χ2n) is 4.49. The van der Waals surface area contributed by atoms with Crippen LogP contribution >= 0.6 is 12.4 Å². The molecule has 0 bridgehead atoms. The summed E-state index contributed by atoms with van der Waals surface area (Å²) < 4.78 is 5.38. The van der Waals surface area contributed by atoms with Crippen LogP contribution in [0, 0.1) is 0 Å². The Labute approximate surface area is 127 Å². The first-order valence-corrected chi connectivity index (χ1v) is 6.46. The fourth-order valence-electron chi connectivity index (χ4n) is 1.41. The number of nitrogens with one attached hydrogen (secondary N) is 2. The first-order valence-electron chi connectivity index (χ1n) is 6.46. The predicted molar refractivity (Wildman–Crippen MR) is 84.6 cm³/mol. The number of benzene rings is 1. The smallest absolute Gasteiger partial charge is 0.239 e. The summed E-state index contributed by atoms with van der Waals surface area (Å²) >= 11 is 0. The molecule has 0 aliphatic rings. The first-order chi connectivity index (χ1) is 9.18. The van der Waals surface area contributed by atoms with E-state index >= 15 is 0 Å². The maximum Gasteiger partial charge on any atom is 0.239 e. The van der Waals surface area contributed by atoms with Gasteiger partial charge in [0.2, 0.25) is 5.91 Å². The van der Waals surface area contributed by atoms with Gasteiger partial charge >= 0.3 is 0 Å². The summed E-state index contributed by atoms with van der Waals surface area (Å²) in [5, 5.41) is 5.85. The van der Waals surface area contributed by atoms with Gasteiger partial charge in [-0.1, -0.05) is 18.2 Å². The van der Waals surface area contributed by atoms with Gasteiger partial charge in [0.05, 0.1) is 19.8 Å². The second kappa shape index (κ2) is 11.5. The van der Waals surface area contributed by atoms with Crippen molar-refractivity contribution in [1.82, 2.24) is 10.2 Å². The molecule has 1 aromatic carbocycles. The fourth-order valence-corrected chi connectivity index (χ4v) is 1.41. The Kier molecular flexibility index (Phi) is 10.8. The molecular weight excluding hydrogens is 278 g/mol. The molecule has 0 aromatic heterocycles. The summed E-state index contributed by atoms with van der Waals surface area (Å²) in [4.78, 5) is 13.6. The van der Waals surface area contributed by atoms with E-state index in [1.165, 1.54) is 0 Å². The van der Waals surface area contributed by atoms with E-state index in [0.717, 1.165) is 12.2 Å². The molecule has 114 valence electrons. The van der Waals surface area contributed by atoms with Gasteiger partial charge in [-0.25, -0.2) is 0 Å². The lowest BCUT2D eigenvalue weighted by Crippen LogP contribution is -2.32. The Morgan fingerprint density at radius 1 is 1.20 bits per heavy atom. The molecule has 0 saturated heterocycles. The lowest BCUT2D eigenvalue weighted by Gasteiger charge is -2.10. The molecule has 0 spiro atoms. The van der Waals surface area contributed by atoms with Crippen molar-refractivity contribution in [2.24, 2.45) is 0 Å². The minimum absolute atomic E-state index is 0. The first kappa shape index (κ1) is 18.7. The number of hydrogen-bond donors (Lipinski definition) is 2. The zero-order chi connectivity index (χ0) is 13.9. The van der Waals surface area contributed by atoms with E-state index in [-0.39, 0.29) is 24.9 Å². The number of rotatable bonds is 9. The number of hydrogen-bond acceptors (Lipinski definition) is 4. The summed E-state index contributed by atoms with van der Waals surface area (Å²) in [7, 11) is 4.00. The lowest BCUT2D eigenvalue weighted by molar-refractivity contribution is -0.119. The van der Waals surface area contributed by atoms with E-state index in [2.05, 4.69) is 15.5 Å². The minimum atomic E-state index is -0.0277. The van der Waals surface area contributed by atoms with Crippen molar-refractivity contribution in [1.29, 1.82) is 0 Å². The van der Waals surface area contributed by atoms with Crippen LogP contribution in [0.4, 0.5) is 5.69 Å². The average molecular weight is 302 g/mol. The van der Waals surface area contributed by atoms with Gasteiger partial charge in [0.25, 0.3) is 0 Å². The number of amides is 1. The Morgan fingerprint density at radius 2 is 1.90 bits per heavy atom. The molecule has 0 aliphatic carbocycles. The fraction of sp³-hybridized carbons (Fsp3) is 0.500. The third-order valence-corrected chi connectivity index (χ3v) is 2.48. The van der Waals surface area contributed by atoms with Crippen LogP contribution in [0.25, 0.3) is 0 Å². The number of ether oxygens (including phenoxy) is 1. The predicted octanol–water partition coefficient (Wildman–Crippen LogP) is 1.21. The number of nitrogens with zero attached hydrogens (tertiary/aromatic N) is 1. The monoisotopic (exact) mass is 301 g/mol. The van der Waals surface area contributed by atoms with E-state index in [1.54, 1.807) is 0 Å². The standard InChI is InChI=1S/C14H23N3O2.ClH/c1-17(2)9-11-19-10-8-15-14(18)12-16-13-6-4-3-5-7-13;/h3-7,16H,8-12H2,1-2H3,(H,15,18);1H. The van der Waals surface area contributed by atoms with Crippen LogP contribution < -0.4 is 10.6 Å². The zero-order valence-corrected chi connectivity index (χ0v) is 12.9. The van der Waals surface area contributed by atoms with Crippen LogP contribution in [0.5, 0.6) is 0 Å². The van der Waals surface area contributed by atoms with Crippen molar-refractivity contribution in [3.63, 3.8) is 0 Å². The minimum Gasteiger partial charge on any atom is -0.378 e. The van der Waals surface area contributed by atoms with Crippen LogP contribution in [0.1, 0.15) is 0 Å². The van der Waals surface area contributed by atoms with Gasteiger partial charge in [-0.15, -0.1) is 12.4 Å². The number of anilines is 1. The molecule has 2 N–H and O–H groups in total. The molecule has 0 aliphatic heterocycles. The number of likely N-dealkylation sites (N-methyl/N-ethyl adjacent to an activating group) is 1. The quantitative estimate of drug-likeness (QED) is 0.673. The van der Waals surface area contributed by atoms with E-state index in [0.29, 0.717) is 19.8 Å².